The molecule has 2 atom stereocenters. The third-order valence-corrected chi connectivity index (χ3v) is 5.80. The van der Waals surface area contributed by atoms with Crippen LogP contribution in [0.5, 0.6) is 0 Å². The highest BCUT2D eigenvalue weighted by Gasteiger charge is 2.37. The van der Waals surface area contributed by atoms with E-state index in [9.17, 15) is 9.59 Å². The summed E-state index contributed by atoms with van der Waals surface area (Å²) in [6.45, 7) is 4.88. The van der Waals surface area contributed by atoms with Crippen molar-refractivity contribution in [3.05, 3.63) is 70.8 Å². The predicted molar refractivity (Wildman–Crippen MR) is 122 cm³/mol. The SMILES string of the molecule is Cc1ccc(CNC(=O)c2cccc(CNC(=O)C3CCCCC3(C)N)c2)cc1.Cl. The zero-order chi connectivity index (χ0) is 20.9. The molecule has 5 nitrogen and oxygen atoms in total. The summed E-state index contributed by atoms with van der Waals surface area (Å²) in [7, 11) is 0. The fraction of sp³-hybridized carbons (Fsp3) is 0.417. The van der Waals surface area contributed by atoms with Crippen LogP contribution in [0.25, 0.3) is 0 Å². The van der Waals surface area contributed by atoms with E-state index >= 15 is 0 Å². The number of carbonyl (C=O) groups is 2. The highest BCUT2D eigenvalue weighted by molar-refractivity contribution is 5.94. The molecule has 0 bridgehead atoms. The molecule has 2 aromatic rings. The molecule has 3 rings (SSSR count). The van der Waals surface area contributed by atoms with Gasteiger partial charge in [-0.25, -0.2) is 0 Å². The first-order valence-electron chi connectivity index (χ1n) is 10.3. The Hall–Kier alpha value is -2.37. The Kier molecular flexibility index (Phi) is 8.44. The van der Waals surface area contributed by atoms with Crippen molar-refractivity contribution in [2.45, 2.75) is 58.2 Å². The number of halogens is 1. The van der Waals surface area contributed by atoms with E-state index in [2.05, 4.69) is 10.6 Å². The van der Waals surface area contributed by atoms with Gasteiger partial charge in [-0.1, -0.05) is 54.8 Å². The summed E-state index contributed by atoms with van der Waals surface area (Å²) in [4.78, 5) is 25.1. The van der Waals surface area contributed by atoms with Crippen LogP contribution in [-0.4, -0.2) is 17.4 Å². The molecule has 1 fully saturated rings. The lowest BCUT2D eigenvalue weighted by molar-refractivity contribution is -0.128. The van der Waals surface area contributed by atoms with Crippen LogP contribution in [-0.2, 0) is 17.9 Å². The van der Waals surface area contributed by atoms with Gasteiger partial charge in [0.1, 0.15) is 0 Å². The largest absolute Gasteiger partial charge is 0.352 e. The maximum Gasteiger partial charge on any atom is 0.251 e. The van der Waals surface area contributed by atoms with E-state index in [0.29, 0.717) is 18.7 Å². The van der Waals surface area contributed by atoms with Crippen LogP contribution in [0.3, 0.4) is 0 Å². The number of nitrogens with two attached hydrogens (primary N) is 1. The molecule has 1 aliphatic carbocycles. The van der Waals surface area contributed by atoms with Gasteiger partial charge in [-0.05, 0) is 49.9 Å². The van der Waals surface area contributed by atoms with Crippen molar-refractivity contribution in [3.8, 4) is 0 Å². The van der Waals surface area contributed by atoms with Gasteiger partial charge in [-0.15, -0.1) is 12.4 Å². The minimum Gasteiger partial charge on any atom is -0.352 e. The second-order valence-electron chi connectivity index (χ2n) is 8.39. The third-order valence-electron chi connectivity index (χ3n) is 5.80. The number of hydrogen-bond donors (Lipinski definition) is 3. The van der Waals surface area contributed by atoms with Crippen molar-refractivity contribution < 1.29 is 9.59 Å². The molecule has 0 radical (unpaired) electrons. The van der Waals surface area contributed by atoms with Crippen LogP contribution < -0.4 is 16.4 Å². The number of hydrogen-bond acceptors (Lipinski definition) is 3. The molecule has 1 saturated carbocycles. The maximum absolute atomic E-state index is 12.6. The second kappa shape index (κ2) is 10.6. The van der Waals surface area contributed by atoms with Gasteiger partial charge in [0.05, 0.1) is 5.92 Å². The van der Waals surface area contributed by atoms with Crippen LogP contribution in [0.15, 0.2) is 48.5 Å². The van der Waals surface area contributed by atoms with Gasteiger partial charge in [0.25, 0.3) is 5.91 Å². The molecule has 2 aromatic carbocycles. The highest BCUT2D eigenvalue weighted by atomic mass is 35.5. The first kappa shape index (κ1) is 23.9. The van der Waals surface area contributed by atoms with Gasteiger partial charge in [0.2, 0.25) is 5.91 Å². The lowest BCUT2D eigenvalue weighted by atomic mass is 9.74. The quantitative estimate of drug-likeness (QED) is 0.651. The maximum atomic E-state index is 12.6. The normalized spacial score (nSPS) is 20.7. The molecule has 2 unspecified atom stereocenters. The standard InChI is InChI=1S/C24H31N3O2.ClH/c1-17-9-11-18(12-10-17)15-26-22(28)20-7-5-6-19(14-20)16-27-23(29)21-8-3-4-13-24(21,2)25;/h5-7,9-12,14,21H,3-4,8,13,15-16,25H2,1-2H3,(H,26,28)(H,27,29);1H. The van der Waals surface area contributed by atoms with Crippen molar-refractivity contribution in [1.29, 1.82) is 0 Å². The number of amides is 2. The summed E-state index contributed by atoms with van der Waals surface area (Å²) in [5, 5.41) is 5.95. The monoisotopic (exact) mass is 429 g/mol. The molecule has 30 heavy (non-hydrogen) atoms. The summed E-state index contributed by atoms with van der Waals surface area (Å²) in [5.74, 6) is -0.276. The minimum absolute atomic E-state index is 0. The second-order valence-corrected chi connectivity index (χ2v) is 8.39. The molecular formula is C24H32ClN3O2. The fourth-order valence-electron chi connectivity index (χ4n) is 3.91. The lowest BCUT2D eigenvalue weighted by Crippen LogP contribution is -2.52. The summed E-state index contributed by atoms with van der Waals surface area (Å²) < 4.78 is 0. The molecule has 1 aliphatic rings. The van der Waals surface area contributed by atoms with Crippen LogP contribution >= 0.6 is 12.4 Å². The molecule has 0 saturated heterocycles. The predicted octanol–water partition coefficient (Wildman–Crippen LogP) is 3.87. The van der Waals surface area contributed by atoms with E-state index in [-0.39, 0.29) is 30.1 Å². The Morgan fingerprint density at radius 1 is 1.03 bits per heavy atom. The van der Waals surface area contributed by atoms with E-state index in [0.717, 1.165) is 36.8 Å². The number of aryl methyl sites for hydroxylation is 1. The van der Waals surface area contributed by atoms with E-state index in [1.54, 1.807) is 6.07 Å². The Labute approximate surface area is 185 Å². The van der Waals surface area contributed by atoms with Crippen LogP contribution in [0, 0.1) is 12.8 Å². The Morgan fingerprint density at radius 3 is 2.43 bits per heavy atom. The Morgan fingerprint density at radius 2 is 1.73 bits per heavy atom. The topological polar surface area (TPSA) is 84.2 Å². The molecular weight excluding hydrogens is 398 g/mol. The van der Waals surface area contributed by atoms with Gasteiger partial charge in [0.15, 0.2) is 0 Å². The minimum atomic E-state index is -0.444. The Balaban J connectivity index is 0.00000320. The smallest absolute Gasteiger partial charge is 0.251 e. The zero-order valence-corrected chi connectivity index (χ0v) is 18.6. The van der Waals surface area contributed by atoms with Crippen molar-refractivity contribution in [3.63, 3.8) is 0 Å². The molecule has 4 N–H and O–H groups in total. The molecule has 0 aromatic heterocycles. The zero-order valence-electron chi connectivity index (χ0n) is 17.7. The number of rotatable bonds is 6. The summed E-state index contributed by atoms with van der Waals surface area (Å²) in [5.41, 5.74) is 9.63. The highest BCUT2D eigenvalue weighted by Crippen LogP contribution is 2.31. The first-order chi connectivity index (χ1) is 13.8. The molecule has 6 heteroatoms. The number of carbonyl (C=O) groups excluding carboxylic acids is 2. The van der Waals surface area contributed by atoms with E-state index in [1.807, 2.05) is 56.3 Å². The first-order valence-corrected chi connectivity index (χ1v) is 10.3. The van der Waals surface area contributed by atoms with Crippen LogP contribution in [0.2, 0.25) is 0 Å². The summed E-state index contributed by atoms with van der Waals surface area (Å²) in [6.07, 6.45) is 3.83. The van der Waals surface area contributed by atoms with Gasteiger partial charge < -0.3 is 16.4 Å². The van der Waals surface area contributed by atoms with Crippen LogP contribution in [0.4, 0.5) is 0 Å². The Bertz CT molecular complexity index is 865. The van der Waals surface area contributed by atoms with E-state index < -0.39 is 5.54 Å². The average Bonchev–Trinajstić information content (AvgIpc) is 2.71. The average molecular weight is 430 g/mol. The van der Waals surface area contributed by atoms with Gasteiger partial charge in [-0.3, -0.25) is 9.59 Å². The van der Waals surface area contributed by atoms with Crippen molar-refractivity contribution >= 4 is 24.2 Å². The number of benzene rings is 2. The van der Waals surface area contributed by atoms with Gasteiger partial charge in [0, 0.05) is 24.2 Å². The molecule has 0 aliphatic heterocycles. The summed E-state index contributed by atoms with van der Waals surface area (Å²) >= 11 is 0. The molecule has 2 amide bonds. The van der Waals surface area contributed by atoms with Crippen molar-refractivity contribution in [1.82, 2.24) is 10.6 Å². The molecule has 0 heterocycles. The third kappa shape index (κ3) is 6.31. The van der Waals surface area contributed by atoms with Crippen LogP contribution in [0.1, 0.15) is 59.7 Å². The van der Waals surface area contributed by atoms with Gasteiger partial charge in [-0.2, -0.15) is 0 Å². The van der Waals surface area contributed by atoms with E-state index in [4.69, 9.17) is 5.73 Å². The number of nitrogens with one attached hydrogen (secondary N) is 2. The van der Waals surface area contributed by atoms with Crippen molar-refractivity contribution in [2.24, 2.45) is 11.7 Å². The van der Waals surface area contributed by atoms with Gasteiger partial charge >= 0.3 is 0 Å². The van der Waals surface area contributed by atoms with E-state index in [1.165, 1.54) is 5.56 Å². The summed E-state index contributed by atoms with van der Waals surface area (Å²) in [6, 6.07) is 15.5. The molecule has 162 valence electrons. The lowest BCUT2D eigenvalue weighted by Gasteiger charge is -2.37. The fourth-order valence-corrected chi connectivity index (χ4v) is 3.91. The molecule has 0 spiro atoms. The van der Waals surface area contributed by atoms with Crippen molar-refractivity contribution in [2.75, 3.05) is 0 Å².